The van der Waals surface area contributed by atoms with E-state index in [1.54, 1.807) is 0 Å². The highest BCUT2D eigenvalue weighted by atomic mass is 19.1. The molecule has 0 bridgehead atoms. The van der Waals surface area contributed by atoms with Crippen LogP contribution in [-0.2, 0) is 4.74 Å². The molecule has 0 amide bonds. The second kappa shape index (κ2) is 5.25. The molecule has 4 rings (SSSR count). The van der Waals surface area contributed by atoms with Crippen LogP contribution in [0.3, 0.4) is 0 Å². The molecular weight excluding hydrogens is 288 g/mol. The van der Waals surface area contributed by atoms with Crippen molar-refractivity contribution in [3.63, 3.8) is 0 Å². The molecule has 1 spiro atoms. The minimum atomic E-state index is -1.17. The normalized spacial score (nSPS) is 33.1. The van der Waals surface area contributed by atoms with Crippen molar-refractivity contribution in [1.82, 2.24) is 5.32 Å². The van der Waals surface area contributed by atoms with E-state index in [2.05, 4.69) is 5.32 Å². The molecule has 0 radical (unpaired) electrons. The van der Waals surface area contributed by atoms with Crippen LogP contribution < -0.4 is 5.32 Å². The zero-order valence-corrected chi connectivity index (χ0v) is 12.4. The summed E-state index contributed by atoms with van der Waals surface area (Å²) in [7, 11) is 0. The number of nitrogens with one attached hydrogen (secondary N) is 1. The summed E-state index contributed by atoms with van der Waals surface area (Å²) in [6.07, 6.45) is 3.73. The molecule has 2 saturated carbocycles. The summed E-state index contributed by atoms with van der Waals surface area (Å²) in [5, 5.41) is 13.6. The number of benzene rings is 1. The lowest BCUT2D eigenvalue weighted by atomic mass is 9.46. The molecule has 4 unspecified atom stereocenters. The fourth-order valence-corrected chi connectivity index (χ4v) is 4.73. The Hall–Kier alpha value is -1.04. The molecule has 3 fully saturated rings. The van der Waals surface area contributed by atoms with Crippen molar-refractivity contribution in [3.8, 4) is 0 Å². The Bertz CT molecular complexity index is 556. The first-order valence-corrected chi connectivity index (χ1v) is 8.10. The standard InChI is InChI=1S/C17H21F2NO2/c18-11-3-1-4-12(19)14(11)13(21)9-20-15-10-5-8-22-16(10)17(15)6-2-7-17/h1,3-4,10,13,15-16,20-21H,2,5-9H2. The number of ether oxygens (including phenoxy) is 1. The Morgan fingerprint density at radius 3 is 2.68 bits per heavy atom. The van der Waals surface area contributed by atoms with Gasteiger partial charge in [0.2, 0.25) is 0 Å². The van der Waals surface area contributed by atoms with Crippen LogP contribution in [0.1, 0.15) is 37.4 Å². The molecular formula is C17H21F2NO2. The Balaban J connectivity index is 1.44. The van der Waals surface area contributed by atoms with Gasteiger partial charge in [0.05, 0.1) is 17.8 Å². The van der Waals surface area contributed by atoms with Gasteiger partial charge in [0.1, 0.15) is 11.6 Å². The molecule has 1 heterocycles. The predicted octanol–water partition coefficient (Wildman–Crippen LogP) is 2.55. The molecule has 5 heteroatoms. The molecule has 3 nitrogen and oxygen atoms in total. The number of halogens is 2. The number of aliphatic hydroxyl groups is 1. The summed E-state index contributed by atoms with van der Waals surface area (Å²) < 4.78 is 33.3. The number of aliphatic hydroxyl groups excluding tert-OH is 1. The van der Waals surface area contributed by atoms with Gasteiger partial charge in [-0.05, 0) is 31.4 Å². The van der Waals surface area contributed by atoms with Crippen LogP contribution in [0.15, 0.2) is 18.2 Å². The number of hydrogen-bond acceptors (Lipinski definition) is 3. The first-order valence-electron chi connectivity index (χ1n) is 8.10. The van der Waals surface area contributed by atoms with Crippen molar-refractivity contribution in [2.24, 2.45) is 11.3 Å². The lowest BCUT2D eigenvalue weighted by Gasteiger charge is -2.63. The van der Waals surface area contributed by atoms with Gasteiger partial charge in [-0.2, -0.15) is 0 Å². The highest BCUT2D eigenvalue weighted by molar-refractivity contribution is 5.23. The lowest BCUT2D eigenvalue weighted by Crippen LogP contribution is -2.71. The minimum absolute atomic E-state index is 0.174. The van der Waals surface area contributed by atoms with Crippen molar-refractivity contribution < 1.29 is 18.6 Å². The smallest absolute Gasteiger partial charge is 0.131 e. The molecule has 2 N–H and O–H groups in total. The summed E-state index contributed by atoms with van der Waals surface area (Å²) in [5.74, 6) is -0.898. The Morgan fingerprint density at radius 1 is 1.32 bits per heavy atom. The van der Waals surface area contributed by atoms with E-state index in [1.807, 2.05) is 0 Å². The monoisotopic (exact) mass is 309 g/mol. The zero-order valence-electron chi connectivity index (χ0n) is 12.4. The van der Waals surface area contributed by atoms with Gasteiger partial charge in [0.15, 0.2) is 0 Å². The van der Waals surface area contributed by atoms with Gasteiger partial charge in [-0.15, -0.1) is 0 Å². The van der Waals surface area contributed by atoms with Gasteiger partial charge in [-0.25, -0.2) is 8.78 Å². The van der Waals surface area contributed by atoms with Crippen LogP contribution in [0.2, 0.25) is 0 Å². The summed E-state index contributed by atoms with van der Waals surface area (Å²) in [6.45, 7) is 0.979. The SMILES string of the molecule is OC(CNC1C2CCOC2C12CCC2)c1c(F)cccc1F. The number of hydrogen-bond donors (Lipinski definition) is 2. The van der Waals surface area contributed by atoms with Crippen LogP contribution in [0, 0.1) is 23.0 Å². The maximum atomic E-state index is 13.7. The summed E-state index contributed by atoms with van der Waals surface area (Å²) in [5.41, 5.74) is -0.0366. The predicted molar refractivity (Wildman–Crippen MR) is 77.2 cm³/mol. The fraction of sp³-hybridized carbons (Fsp3) is 0.647. The van der Waals surface area contributed by atoms with Crippen LogP contribution in [0.25, 0.3) is 0 Å². The largest absolute Gasteiger partial charge is 0.387 e. The van der Waals surface area contributed by atoms with E-state index in [9.17, 15) is 13.9 Å². The molecule has 4 atom stereocenters. The topological polar surface area (TPSA) is 41.5 Å². The lowest BCUT2D eigenvalue weighted by molar-refractivity contribution is -0.177. The van der Waals surface area contributed by atoms with E-state index in [1.165, 1.54) is 24.6 Å². The average Bonchev–Trinajstić information content (AvgIpc) is 2.82. The van der Waals surface area contributed by atoms with Gasteiger partial charge in [0.25, 0.3) is 0 Å². The van der Waals surface area contributed by atoms with Crippen molar-refractivity contribution in [2.45, 2.75) is 43.9 Å². The highest BCUT2D eigenvalue weighted by Crippen LogP contribution is 2.62. The van der Waals surface area contributed by atoms with E-state index < -0.39 is 17.7 Å². The first-order chi connectivity index (χ1) is 10.6. The molecule has 3 aliphatic rings. The summed E-state index contributed by atoms with van der Waals surface area (Å²) in [6, 6.07) is 3.97. The summed E-state index contributed by atoms with van der Waals surface area (Å²) >= 11 is 0. The van der Waals surface area contributed by atoms with Crippen LogP contribution in [0.5, 0.6) is 0 Å². The Kier molecular flexibility index (Phi) is 3.47. The van der Waals surface area contributed by atoms with Crippen molar-refractivity contribution in [3.05, 3.63) is 35.4 Å². The average molecular weight is 309 g/mol. The van der Waals surface area contributed by atoms with Crippen molar-refractivity contribution >= 4 is 0 Å². The second-order valence-corrected chi connectivity index (χ2v) is 6.87. The molecule has 120 valence electrons. The van der Waals surface area contributed by atoms with E-state index in [0.29, 0.717) is 18.1 Å². The third-order valence-electron chi connectivity index (χ3n) is 5.90. The number of fused-ring (bicyclic) bond motifs is 2. The van der Waals surface area contributed by atoms with Gasteiger partial charge in [0, 0.05) is 30.5 Å². The molecule has 1 saturated heterocycles. The number of rotatable bonds is 4. The molecule has 2 aliphatic carbocycles. The van der Waals surface area contributed by atoms with E-state index in [4.69, 9.17) is 4.74 Å². The van der Waals surface area contributed by atoms with Crippen LogP contribution in [0.4, 0.5) is 8.78 Å². The minimum Gasteiger partial charge on any atom is -0.387 e. The molecule has 22 heavy (non-hydrogen) atoms. The van der Waals surface area contributed by atoms with E-state index >= 15 is 0 Å². The molecule has 0 aromatic heterocycles. The second-order valence-electron chi connectivity index (χ2n) is 6.87. The maximum Gasteiger partial charge on any atom is 0.131 e. The Labute approximate surface area is 128 Å². The van der Waals surface area contributed by atoms with E-state index in [0.717, 1.165) is 25.9 Å². The van der Waals surface area contributed by atoms with Crippen LogP contribution >= 0.6 is 0 Å². The van der Waals surface area contributed by atoms with Gasteiger partial charge in [-0.1, -0.05) is 12.5 Å². The quantitative estimate of drug-likeness (QED) is 0.898. The maximum absolute atomic E-state index is 13.7. The van der Waals surface area contributed by atoms with Crippen LogP contribution in [-0.4, -0.2) is 30.4 Å². The van der Waals surface area contributed by atoms with Gasteiger partial charge in [-0.3, -0.25) is 0 Å². The van der Waals surface area contributed by atoms with Crippen molar-refractivity contribution in [2.75, 3.05) is 13.2 Å². The summed E-state index contributed by atoms with van der Waals surface area (Å²) in [4.78, 5) is 0. The molecule has 1 aromatic carbocycles. The van der Waals surface area contributed by atoms with Crippen molar-refractivity contribution in [1.29, 1.82) is 0 Å². The zero-order chi connectivity index (χ0) is 15.3. The third kappa shape index (κ3) is 1.95. The third-order valence-corrected chi connectivity index (χ3v) is 5.90. The molecule has 1 aromatic rings. The fourth-order valence-electron chi connectivity index (χ4n) is 4.73. The van der Waals surface area contributed by atoms with Gasteiger partial charge >= 0.3 is 0 Å². The van der Waals surface area contributed by atoms with Gasteiger partial charge < -0.3 is 15.2 Å². The Morgan fingerprint density at radius 2 is 2.05 bits per heavy atom. The highest BCUT2D eigenvalue weighted by Gasteiger charge is 2.66. The first kappa shape index (κ1) is 14.5. The van der Waals surface area contributed by atoms with E-state index in [-0.39, 0.29) is 17.5 Å². The molecule has 1 aliphatic heterocycles.